The Balaban J connectivity index is 1.65. The summed E-state index contributed by atoms with van der Waals surface area (Å²) in [5, 5.41) is 2.12. The molecule has 0 aliphatic carbocycles. The van der Waals surface area contributed by atoms with Crippen LogP contribution in [0.25, 0.3) is 27.4 Å². The lowest BCUT2D eigenvalue weighted by Crippen LogP contribution is -2.39. The van der Waals surface area contributed by atoms with Gasteiger partial charge in [0.05, 0.1) is 5.52 Å². The molecular weight excluding hydrogens is 444 g/mol. The van der Waals surface area contributed by atoms with E-state index in [1.54, 1.807) is 11.8 Å². The van der Waals surface area contributed by atoms with Gasteiger partial charge in [0, 0.05) is 39.4 Å². The van der Waals surface area contributed by atoms with Gasteiger partial charge in [-0.15, -0.1) is 0 Å². The normalized spacial score (nSPS) is 14.8. The Bertz CT molecular complexity index is 1200. The number of halogens is 1. The van der Waals surface area contributed by atoms with Crippen LogP contribution in [0.5, 0.6) is 0 Å². The fourth-order valence-electron chi connectivity index (χ4n) is 3.87. The molecule has 0 bridgehead atoms. The first-order valence-electron chi connectivity index (χ1n) is 10.1. The van der Waals surface area contributed by atoms with E-state index in [9.17, 15) is 9.59 Å². The van der Waals surface area contributed by atoms with Crippen molar-refractivity contribution < 1.29 is 14.3 Å². The van der Waals surface area contributed by atoms with Crippen LogP contribution in [0.4, 0.5) is 4.79 Å². The number of rotatable bonds is 2. The molecule has 0 radical (unpaired) electrons. The van der Waals surface area contributed by atoms with Gasteiger partial charge in [-0.05, 0) is 63.5 Å². The van der Waals surface area contributed by atoms with Crippen LogP contribution >= 0.6 is 15.9 Å². The van der Waals surface area contributed by atoms with E-state index in [1.807, 2.05) is 32.9 Å². The molecule has 1 aliphatic heterocycles. The smallest absolute Gasteiger partial charge is 0.410 e. The number of amides is 1. The quantitative estimate of drug-likeness (QED) is 0.448. The third-order valence-corrected chi connectivity index (χ3v) is 5.74. The molecule has 1 aromatic heterocycles. The van der Waals surface area contributed by atoms with Crippen LogP contribution in [0, 0.1) is 0 Å². The summed E-state index contributed by atoms with van der Waals surface area (Å²) in [4.78, 5) is 29.5. The van der Waals surface area contributed by atoms with Gasteiger partial charge in [-0.3, -0.25) is 4.79 Å². The third-order valence-electron chi connectivity index (χ3n) is 5.28. The predicted molar refractivity (Wildman–Crippen MR) is 124 cm³/mol. The number of nitrogens with zero attached hydrogens (tertiary/aromatic N) is 1. The zero-order valence-corrected chi connectivity index (χ0v) is 19.2. The Labute approximate surface area is 184 Å². The Morgan fingerprint density at radius 2 is 1.90 bits per heavy atom. The lowest BCUT2D eigenvalue weighted by atomic mass is 9.98. The molecule has 0 atom stereocenters. The zero-order chi connectivity index (χ0) is 21.6. The van der Waals surface area contributed by atoms with E-state index in [1.165, 1.54) is 5.57 Å². The summed E-state index contributed by atoms with van der Waals surface area (Å²) < 4.78 is 6.36. The van der Waals surface area contributed by atoms with Crippen LogP contribution in [-0.4, -0.2) is 40.5 Å². The number of H-pyrrole nitrogens is 1. The van der Waals surface area contributed by atoms with Crippen molar-refractivity contribution in [2.24, 2.45) is 0 Å². The fourth-order valence-corrected chi connectivity index (χ4v) is 4.33. The fraction of sp³-hybridized carbons (Fsp3) is 0.333. The van der Waals surface area contributed by atoms with Crippen molar-refractivity contribution in [2.75, 3.05) is 13.1 Å². The van der Waals surface area contributed by atoms with E-state index in [0.29, 0.717) is 18.7 Å². The number of nitrogens with one attached hydrogen (secondary N) is 1. The summed E-state index contributed by atoms with van der Waals surface area (Å²) in [5.74, 6) is 0.0327. The summed E-state index contributed by atoms with van der Waals surface area (Å²) in [6, 6.07) is 10.2. The zero-order valence-electron chi connectivity index (χ0n) is 17.6. The number of aromatic nitrogens is 1. The van der Waals surface area contributed by atoms with Crippen molar-refractivity contribution in [1.82, 2.24) is 9.88 Å². The summed E-state index contributed by atoms with van der Waals surface area (Å²) >= 11 is 3.52. The Morgan fingerprint density at radius 1 is 1.13 bits per heavy atom. The van der Waals surface area contributed by atoms with Crippen LogP contribution in [0.15, 0.2) is 40.9 Å². The molecule has 0 fully saturated rings. The van der Waals surface area contributed by atoms with Crippen molar-refractivity contribution in [3.63, 3.8) is 0 Å². The number of aromatic amines is 1. The number of fused-ring (bicyclic) bond motifs is 3. The standard InChI is InChI=1S/C24H25BrN2O3/c1-14(28)19-12-17(25)13-20-18-6-5-16(11-21(18)26-22(19)20)15-7-9-27(10-8-15)23(29)30-24(2,3)4/h5-7,11-13,26H,8-10H2,1-4H3. The van der Waals surface area contributed by atoms with Gasteiger partial charge in [-0.2, -0.15) is 0 Å². The maximum absolute atomic E-state index is 12.3. The number of carbonyl (C=O) groups excluding carboxylic acids is 2. The highest BCUT2D eigenvalue weighted by molar-refractivity contribution is 9.10. The van der Waals surface area contributed by atoms with Crippen molar-refractivity contribution >= 4 is 55.2 Å². The summed E-state index contributed by atoms with van der Waals surface area (Å²) in [7, 11) is 0. The van der Waals surface area contributed by atoms with Crippen molar-refractivity contribution in [1.29, 1.82) is 0 Å². The number of hydrogen-bond donors (Lipinski definition) is 1. The van der Waals surface area contributed by atoms with Gasteiger partial charge in [0.25, 0.3) is 0 Å². The highest BCUT2D eigenvalue weighted by atomic mass is 79.9. The molecule has 0 saturated carbocycles. The molecule has 1 amide bonds. The maximum atomic E-state index is 12.3. The number of carbonyl (C=O) groups is 2. The minimum absolute atomic E-state index is 0.0327. The molecule has 30 heavy (non-hydrogen) atoms. The first-order chi connectivity index (χ1) is 14.1. The van der Waals surface area contributed by atoms with E-state index in [-0.39, 0.29) is 11.9 Å². The van der Waals surface area contributed by atoms with Gasteiger partial charge in [-0.25, -0.2) is 4.79 Å². The maximum Gasteiger partial charge on any atom is 0.410 e. The van der Waals surface area contributed by atoms with Crippen LogP contribution in [0.1, 0.15) is 50.0 Å². The van der Waals surface area contributed by atoms with Crippen LogP contribution in [0.3, 0.4) is 0 Å². The molecule has 1 N–H and O–H groups in total. The summed E-state index contributed by atoms with van der Waals surface area (Å²) in [6.45, 7) is 8.38. The third kappa shape index (κ3) is 4.01. The van der Waals surface area contributed by atoms with Crippen molar-refractivity contribution in [3.05, 3.63) is 52.0 Å². The van der Waals surface area contributed by atoms with E-state index in [4.69, 9.17) is 4.74 Å². The van der Waals surface area contributed by atoms with E-state index in [2.05, 4.69) is 45.2 Å². The first-order valence-corrected chi connectivity index (χ1v) is 10.8. The predicted octanol–water partition coefficient (Wildman–Crippen LogP) is 6.31. The Morgan fingerprint density at radius 3 is 2.53 bits per heavy atom. The Hall–Kier alpha value is -2.60. The second-order valence-electron chi connectivity index (χ2n) is 8.72. The Kier molecular flexibility index (Phi) is 5.22. The molecule has 3 aromatic rings. The average Bonchev–Trinajstić information content (AvgIpc) is 3.03. The molecular formula is C24H25BrN2O3. The first kappa shape index (κ1) is 20.7. The number of ether oxygens (including phenoxy) is 1. The SMILES string of the molecule is CC(=O)c1cc(Br)cc2c1[nH]c1cc(C3=CCN(C(=O)OC(C)(C)C)CC3)ccc12. The molecule has 156 valence electrons. The van der Waals surface area contributed by atoms with Gasteiger partial charge >= 0.3 is 6.09 Å². The minimum Gasteiger partial charge on any atom is -0.444 e. The topological polar surface area (TPSA) is 62.4 Å². The molecule has 2 heterocycles. The number of Topliss-reactive ketones (excluding diaryl/α,β-unsaturated/α-hetero) is 1. The second-order valence-corrected chi connectivity index (χ2v) is 9.64. The van der Waals surface area contributed by atoms with Crippen molar-refractivity contribution in [2.45, 2.75) is 39.7 Å². The number of benzene rings is 2. The van der Waals surface area contributed by atoms with Crippen molar-refractivity contribution in [3.8, 4) is 0 Å². The van der Waals surface area contributed by atoms with E-state index >= 15 is 0 Å². The molecule has 0 saturated heterocycles. The van der Waals surface area contributed by atoms with Gasteiger partial charge in [0.1, 0.15) is 5.60 Å². The summed E-state index contributed by atoms with van der Waals surface area (Å²) in [5.41, 5.74) is 4.40. The van der Waals surface area contributed by atoms with Gasteiger partial charge in [-0.1, -0.05) is 34.1 Å². The van der Waals surface area contributed by atoms with Gasteiger partial charge < -0.3 is 14.6 Å². The van der Waals surface area contributed by atoms with Gasteiger partial charge in [0.2, 0.25) is 0 Å². The molecule has 0 spiro atoms. The highest BCUT2D eigenvalue weighted by Gasteiger charge is 2.24. The van der Waals surface area contributed by atoms with Gasteiger partial charge in [0.15, 0.2) is 5.78 Å². The monoisotopic (exact) mass is 468 g/mol. The van der Waals surface area contributed by atoms with Crippen LogP contribution < -0.4 is 0 Å². The largest absolute Gasteiger partial charge is 0.444 e. The number of hydrogen-bond acceptors (Lipinski definition) is 3. The average molecular weight is 469 g/mol. The molecule has 2 aromatic carbocycles. The molecule has 1 aliphatic rings. The molecule has 6 heteroatoms. The molecule has 4 rings (SSSR count). The molecule has 5 nitrogen and oxygen atoms in total. The van der Waals surface area contributed by atoms with Crippen LogP contribution in [0.2, 0.25) is 0 Å². The minimum atomic E-state index is -0.491. The lowest BCUT2D eigenvalue weighted by molar-refractivity contribution is 0.0270. The second kappa shape index (κ2) is 7.58. The highest BCUT2D eigenvalue weighted by Crippen LogP contribution is 2.33. The summed E-state index contributed by atoms with van der Waals surface area (Å²) in [6.07, 6.45) is 2.59. The van der Waals surface area contributed by atoms with E-state index < -0.39 is 5.60 Å². The number of ketones is 1. The van der Waals surface area contributed by atoms with Crippen LogP contribution in [-0.2, 0) is 4.74 Å². The molecule has 0 unspecified atom stereocenters. The van der Waals surface area contributed by atoms with E-state index in [0.717, 1.165) is 38.3 Å². The lowest BCUT2D eigenvalue weighted by Gasteiger charge is -2.29.